The van der Waals surface area contributed by atoms with E-state index in [4.69, 9.17) is 5.73 Å². The third-order valence-electron chi connectivity index (χ3n) is 4.49. The summed E-state index contributed by atoms with van der Waals surface area (Å²) in [7, 11) is 0. The van der Waals surface area contributed by atoms with Crippen LogP contribution < -0.4 is 16.4 Å². The number of nitrogens with one attached hydrogen (secondary N) is 2. The predicted octanol–water partition coefficient (Wildman–Crippen LogP) is 7.61. The fraction of sp³-hybridized carbons (Fsp3) is 0.400. The molecule has 0 amide bonds. The van der Waals surface area contributed by atoms with Crippen molar-refractivity contribution >= 4 is 54.6 Å². The zero-order valence-corrected chi connectivity index (χ0v) is 21.1. The number of hydrogen-bond acceptors (Lipinski definition) is 5. The van der Waals surface area contributed by atoms with Crippen LogP contribution in [0.15, 0.2) is 45.3 Å². The number of benzene rings is 2. The molecule has 0 saturated carbocycles. The van der Waals surface area contributed by atoms with Crippen LogP contribution in [0.4, 0.5) is 49.1 Å². The summed E-state index contributed by atoms with van der Waals surface area (Å²) in [5.74, 6) is -3.00. The van der Waals surface area contributed by atoms with Gasteiger partial charge in [0, 0.05) is 28.1 Å². The summed E-state index contributed by atoms with van der Waals surface area (Å²) in [6.45, 7) is 1.53. The average molecular weight is 624 g/mol. The highest BCUT2D eigenvalue weighted by atomic mass is 79.9. The van der Waals surface area contributed by atoms with Crippen molar-refractivity contribution in [2.24, 2.45) is 11.8 Å². The van der Waals surface area contributed by atoms with Gasteiger partial charge in [0.2, 0.25) is 0 Å². The number of nitrogens with zero attached hydrogens (tertiary/aromatic N) is 1. The average Bonchev–Trinajstić information content (AvgIpc) is 2.71. The molecule has 190 valence electrons. The zero-order chi connectivity index (χ0) is 26.3. The highest BCUT2D eigenvalue weighted by molar-refractivity contribution is 9.10. The fourth-order valence-corrected chi connectivity index (χ4v) is 2.97. The van der Waals surface area contributed by atoms with Crippen LogP contribution >= 0.6 is 31.9 Å². The molecule has 14 heteroatoms. The first-order valence-electron chi connectivity index (χ1n) is 9.62. The van der Waals surface area contributed by atoms with Gasteiger partial charge in [-0.15, -0.1) is 0 Å². The lowest BCUT2D eigenvalue weighted by atomic mass is 10.1. The summed E-state index contributed by atoms with van der Waals surface area (Å²) in [6, 6.07) is 9.07. The van der Waals surface area contributed by atoms with E-state index < -0.39 is 35.7 Å². The van der Waals surface area contributed by atoms with Crippen molar-refractivity contribution < 1.29 is 31.3 Å². The first-order chi connectivity index (χ1) is 15.5. The van der Waals surface area contributed by atoms with Crippen LogP contribution in [0, 0.1) is 22.0 Å². The summed E-state index contributed by atoms with van der Waals surface area (Å²) >= 11 is 6.33. The van der Waals surface area contributed by atoms with E-state index in [9.17, 15) is 36.5 Å². The van der Waals surface area contributed by atoms with Gasteiger partial charge >= 0.3 is 12.4 Å². The molecule has 34 heavy (non-hydrogen) atoms. The second kappa shape index (κ2) is 12.5. The molecule has 2 aromatic carbocycles. The van der Waals surface area contributed by atoms with Crippen LogP contribution in [0.5, 0.6) is 0 Å². The van der Waals surface area contributed by atoms with Crippen molar-refractivity contribution in [1.29, 1.82) is 0 Å². The van der Waals surface area contributed by atoms with Crippen LogP contribution in [-0.2, 0) is 0 Å². The molecule has 0 bridgehead atoms. The minimum Gasteiger partial charge on any atom is -0.397 e. The van der Waals surface area contributed by atoms with E-state index >= 15 is 0 Å². The summed E-state index contributed by atoms with van der Waals surface area (Å²) in [5.41, 5.74) is 6.36. The van der Waals surface area contributed by atoms with Crippen molar-refractivity contribution in [2.75, 3.05) is 29.5 Å². The Hall–Kier alpha value is -2.22. The molecule has 0 aliphatic carbocycles. The van der Waals surface area contributed by atoms with Crippen molar-refractivity contribution in [2.45, 2.75) is 26.2 Å². The monoisotopic (exact) mass is 622 g/mol. The highest BCUT2D eigenvalue weighted by Crippen LogP contribution is 2.31. The van der Waals surface area contributed by atoms with Crippen LogP contribution in [0.2, 0.25) is 0 Å². The molecule has 2 rings (SSSR count). The van der Waals surface area contributed by atoms with Crippen LogP contribution in [-0.4, -0.2) is 30.4 Å². The molecule has 4 N–H and O–H groups in total. The first kappa shape index (κ1) is 29.8. The molecule has 0 aromatic heterocycles. The second-order valence-corrected chi connectivity index (χ2v) is 9.13. The molecule has 0 aliphatic rings. The quantitative estimate of drug-likeness (QED) is 0.128. The van der Waals surface area contributed by atoms with Crippen molar-refractivity contribution in [1.82, 2.24) is 0 Å². The van der Waals surface area contributed by atoms with E-state index in [1.165, 1.54) is 18.2 Å². The Labute approximate surface area is 208 Å². The molecule has 0 saturated heterocycles. The van der Waals surface area contributed by atoms with E-state index in [-0.39, 0.29) is 17.9 Å². The van der Waals surface area contributed by atoms with Crippen LogP contribution in [0.25, 0.3) is 0 Å². The van der Waals surface area contributed by atoms with E-state index in [0.717, 1.165) is 18.3 Å². The number of rotatable bonds is 7. The molecular weight excluding hydrogens is 602 g/mol. The highest BCUT2D eigenvalue weighted by Gasteiger charge is 2.36. The summed E-state index contributed by atoms with van der Waals surface area (Å²) in [5, 5.41) is 15.8. The number of nitro benzene ring substituents is 1. The van der Waals surface area contributed by atoms with Gasteiger partial charge in [0.05, 0.1) is 28.1 Å². The topological polar surface area (TPSA) is 93.2 Å². The maximum atomic E-state index is 12.3. The number of halogens is 8. The SMILES string of the molecule is CC(CNc1cc(Br)ccc1N)C(F)(F)F.CC(CNc1cc(Br)ccc1[N+](=O)[O-])C(F)(F)F. The Morgan fingerprint density at radius 3 is 1.74 bits per heavy atom. The lowest BCUT2D eigenvalue weighted by Gasteiger charge is -2.17. The maximum Gasteiger partial charge on any atom is 0.393 e. The minimum atomic E-state index is -4.33. The number of alkyl halides is 6. The summed E-state index contributed by atoms with van der Waals surface area (Å²) in [4.78, 5) is 10.1. The second-order valence-electron chi connectivity index (χ2n) is 7.30. The van der Waals surface area contributed by atoms with E-state index in [0.29, 0.717) is 15.8 Å². The molecule has 2 aromatic rings. The Balaban J connectivity index is 0.000000342. The number of anilines is 3. The predicted molar refractivity (Wildman–Crippen MR) is 127 cm³/mol. The van der Waals surface area contributed by atoms with Gasteiger partial charge in [-0.1, -0.05) is 45.7 Å². The fourth-order valence-electron chi connectivity index (χ4n) is 2.25. The number of nitro groups is 1. The van der Waals surface area contributed by atoms with Gasteiger partial charge in [0.1, 0.15) is 5.69 Å². The minimum absolute atomic E-state index is 0.0606. The van der Waals surface area contributed by atoms with Gasteiger partial charge in [-0.2, -0.15) is 26.3 Å². The molecule has 0 aliphatic heterocycles. The normalized spacial score (nSPS) is 13.4. The summed E-state index contributed by atoms with van der Waals surface area (Å²) in [6.07, 6.45) is -8.51. The molecular formula is C20H22Br2F6N4O2. The Kier molecular flexibility index (Phi) is 10.9. The Morgan fingerprint density at radius 2 is 1.29 bits per heavy atom. The van der Waals surface area contributed by atoms with Gasteiger partial charge < -0.3 is 16.4 Å². The molecule has 2 unspecified atom stereocenters. The number of nitrogens with two attached hydrogens (primary N) is 1. The lowest BCUT2D eigenvalue weighted by molar-refractivity contribution is -0.384. The van der Waals surface area contributed by atoms with Gasteiger partial charge in [0.25, 0.3) is 5.69 Å². The molecule has 0 heterocycles. The smallest absolute Gasteiger partial charge is 0.393 e. The lowest BCUT2D eigenvalue weighted by Crippen LogP contribution is -2.27. The van der Waals surface area contributed by atoms with Gasteiger partial charge in [-0.25, -0.2) is 0 Å². The van der Waals surface area contributed by atoms with E-state index in [1.54, 1.807) is 18.2 Å². The van der Waals surface area contributed by atoms with Crippen molar-refractivity contribution in [3.05, 3.63) is 55.5 Å². The van der Waals surface area contributed by atoms with Crippen LogP contribution in [0.1, 0.15) is 13.8 Å². The van der Waals surface area contributed by atoms with E-state index in [1.807, 2.05) is 0 Å². The molecule has 0 radical (unpaired) electrons. The van der Waals surface area contributed by atoms with Gasteiger partial charge in [-0.3, -0.25) is 10.1 Å². The van der Waals surface area contributed by atoms with E-state index in [2.05, 4.69) is 42.5 Å². The Bertz CT molecular complexity index is 973. The zero-order valence-electron chi connectivity index (χ0n) is 17.9. The number of nitrogen functional groups attached to an aromatic ring is 1. The van der Waals surface area contributed by atoms with Crippen LogP contribution in [0.3, 0.4) is 0 Å². The molecule has 2 atom stereocenters. The van der Waals surface area contributed by atoms with Gasteiger partial charge in [0.15, 0.2) is 0 Å². The Morgan fingerprint density at radius 1 is 0.882 bits per heavy atom. The van der Waals surface area contributed by atoms with Crippen molar-refractivity contribution in [3.63, 3.8) is 0 Å². The third kappa shape index (κ3) is 9.95. The third-order valence-corrected chi connectivity index (χ3v) is 5.47. The molecule has 0 fully saturated rings. The van der Waals surface area contributed by atoms with Crippen molar-refractivity contribution in [3.8, 4) is 0 Å². The number of hydrogen-bond donors (Lipinski definition) is 3. The first-order valence-corrected chi connectivity index (χ1v) is 11.2. The van der Waals surface area contributed by atoms with Gasteiger partial charge in [-0.05, 0) is 30.3 Å². The largest absolute Gasteiger partial charge is 0.397 e. The standard InChI is InChI=1S/C10H10BrF3N2O2.C10H12BrF3N2/c1-6(10(12,13)14)5-15-8-4-7(11)2-3-9(8)16(17)18;1-6(10(12,13)14)5-16-9-4-7(11)2-3-8(9)15/h2-4,6,15H,5H2,1H3;2-4,6,16H,5,15H2,1H3. The summed E-state index contributed by atoms with van der Waals surface area (Å²) < 4.78 is 75.0. The molecule has 6 nitrogen and oxygen atoms in total. The molecule has 0 spiro atoms. The maximum absolute atomic E-state index is 12.3.